The number of phosphoric acid groups is 1. The monoisotopic (exact) mass is 1100 g/mol. The topological polar surface area (TPSA) is 111 Å². The Labute approximate surface area is 477 Å². The summed E-state index contributed by atoms with van der Waals surface area (Å²) in [6.45, 7) is 3.97. The van der Waals surface area contributed by atoms with Gasteiger partial charge in [-0.3, -0.25) is 14.2 Å². The largest absolute Gasteiger partial charge is 0.756 e. The molecule has 9 nitrogen and oxygen atoms in total. The van der Waals surface area contributed by atoms with E-state index >= 15 is 0 Å². The molecular weight excluding hydrogens is 990 g/mol. The third-order valence-corrected chi connectivity index (χ3v) is 12.7. The normalized spacial score (nSPS) is 14.5. The van der Waals surface area contributed by atoms with E-state index in [9.17, 15) is 19.0 Å². The highest BCUT2D eigenvalue weighted by Crippen LogP contribution is 2.38. The average Bonchev–Trinajstić information content (AvgIpc) is 3.40. The van der Waals surface area contributed by atoms with Gasteiger partial charge in [0, 0.05) is 12.8 Å². The van der Waals surface area contributed by atoms with Gasteiger partial charge in [0.15, 0.2) is 6.10 Å². The predicted octanol–water partition coefficient (Wildman–Crippen LogP) is 18.4. The van der Waals surface area contributed by atoms with E-state index in [4.69, 9.17) is 18.5 Å². The third kappa shape index (κ3) is 60.6. The summed E-state index contributed by atoms with van der Waals surface area (Å²) < 4.78 is 34.0. The lowest BCUT2D eigenvalue weighted by Crippen LogP contribution is -2.37. The molecule has 0 saturated heterocycles. The summed E-state index contributed by atoms with van der Waals surface area (Å²) in [6, 6.07) is 0. The van der Waals surface area contributed by atoms with E-state index in [0.29, 0.717) is 23.9 Å². The summed E-state index contributed by atoms with van der Waals surface area (Å²) in [4.78, 5) is 37.7. The number of quaternary nitrogens is 1. The SMILES string of the molecule is CC/C=C\C/C=C\C/C=C\C/C=C\C/C=C\C/C=C\C/C=C\C/C=C\C/C=C\C/C=C\C/C=C\C/C=C\CCCCCCC(=O)OC(COC(=O)CCCCCCC/C=C\C/C=C\CCC)COP(=O)([O-])OCC[N+](C)(C)C. The van der Waals surface area contributed by atoms with Crippen molar-refractivity contribution in [1.82, 2.24) is 0 Å². The van der Waals surface area contributed by atoms with Crippen molar-refractivity contribution in [3.63, 3.8) is 0 Å². The van der Waals surface area contributed by atoms with Gasteiger partial charge < -0.3 is 27.9 Å². The molecule has 0 heterocycles. The third-order valence-electron chi connectivity index (χ3n) is 11.7. The zero-order valence-corrected chi connectivity index (χ0v) is 50.4. The van der Waals surface area contributed by atoms with Gasteiger partial charge in [-0.1, -0.05) is 223 Å². The van der Waals surface area contributed by atoms with Gasteiger partial charge >= 0.3 is 11.9 Å². The smallest absolute Gasteiger partial charge is 0.306 e. The minimum Gasteiger partial charge on any atom is -0.756 e. The molecule has 0 spiro atoms. The molecule has 0 amide bonds. The van der Waals surface area contributed by atoms with Crippen molar-refractivity contribution in [1.29, 1.82) is 0 Å². The number of rotatable bonds is 52. The van der Waals surface area contributed by atoms with Gasteiger partial charge in [0.25, 0.3) is 7.82 Å². The van der Waals surface area contributed by atoms with Crippen LogP contribution in [0.25, 0.3) is 0 Å². The quantitative estimate of drug-likeness (QED) is 0.0195. The Balaban J connectivity index is 4.19. The lowest BCUT2D eigenvalue weighted by atomic mass is 10.1. The highest BCUT2D eigenvalue weighted by Gasteiger charge is 2.21. The van der Waals surface area contributed by atoms with E-state index in [1.165, 1.54) is 6.42 Å². The van der Waals surface area contributed by atoms with Crippen molar-refractivity contribution in [3.8, 4) is 0 Å². The van der Waals surface area contributed by atoms with Crippen LogP contribution >= 0.6 is 7.82 Å². The van der Waals surface area contributed by atoms with Gasteiger partial charge in [0.05, 0.1) is 27.7 Å². The Hall–Kier alpha value is -4.63. The maximum Gasteiger partial charge on any atom is 0.306 e. The zero-order valence-electron chi connectivity index (χ0n) is 49.5. The van der Waals surface area contributed by atoms with Crippen LogP contribution in [0.15, 0.2) is 170 Å². The first-order valence-electron chi connectivity index (χ1n) is 29.8. The molecule has 0 aliphatic rings. The molecule has 0 aromatic rings. The standard InChI is InChI=1S/C68H108NO8P/c1-6-8-10-12-14-16-18-20-21-22-23-24-25-26-27-28-29-30-31-32-33-34-35-36-37-38-39-40-41-42-43-44-45-46-47-49-51-53-55-57-59-61-68(71)77-66(65-76-78(72,73)75-63-62-69(3,4)5)64-74-67(70)60-58-56-54-52-50-48-19-17-15-13-11-9-7-2/h8,10-11,13-14,16-17,19-21,23-24,26-27,29-30,32-33,35-36,38-39,41-42,44-45,47,49,66H,6-7,9,12,15,18,22,25,28,31,34,37,40,43,46,48,50-65H2,1-5H3/b10-8-,13-11-,16-14-,19-17-,21-20-,24-23-,27-26-,30-29-,33-32-,36-35-,39-38-,42-41-,45-44-,49-47-. The predicted molar refractivity (Wildman–Crippen MR) is 332 cm³/mol. The van der Waals surface area contributed by atoms with E-state index < -0.39 is 32.5 Å². The fourth-order valence-electron chi connectivity index (χ4n) is 7.14. The first-order chi connectivity index (χ1) is 38.0. The molecule has 78 heavy (non-hydrogen) atoms. The highest BCUT2D eigenvalue weighted by molar-refractivity contribution is 7.45. The molecule has 0 fully saturated rings. The second kappa shape index (κ2) is 57.1. The zero-order chi connectivity index (χ0) is 57.0. The van der Waals surface area contributed by atoms with Crippen molar-refractivity contribution in [2.45, 2.75) is 200 Å². The molecule has 0 bridgehead atoms. The van der Waals surface area contributed by atoms with Crippen LogP contribution in [0.3, 0.4) is 0 Å². The fraction of sp³-hybridized carbons (Fsp3) is 0.559. The first-order valence-corrected chi connectivity index (χ1v) is 31.3. The minimum absolute atomic E-state index is 0.0479. The van der Waals surface area contributed by atoms with Crippen LogP contribution in [-0.2, 0) is 32.7 Å². The van der Waals surface area contributed by atoms with E-state index in [-0.39, 0.29) is 26.1 Å². The van der Waals surface area contributed by atoms with E-state index in [2.05, 4.69) is 184 Å². The molecule has 0 N–H and O–H groups in total. The molecule has 0 aliphatic carbocycles. The number of phosphoric ester groups is 1. The molecule has 0 rings (SSSR count). The van der Waals surface area contributed by atoms with Gasteiger partial charge in [-0.2, -0.15) is 0 Å². The Morgan fingerprint density at radius 2 is 0.731 bits per heavy atom. The second-order valence-electron chi connectivity index (χ2n) is 20.3. The molecule has 10 heteroatoms. The Morgan fingerprint density at radius 1 is 0.410 bits per heavy atom. The van der Waals surface area contributed by atoms with E-state index in [1.54, 1.807) is 0 Å². The van der Waals surface area contributed by atoms with Gasteiger partial charge in [-0.25, -0.2) is 0 Å². The molecule has 438 valence electrons. The van der Waals surface area contributed by atoms with Crippen LogP contribution in [0.5, 0.6) is 0 Å². The molecular formula is C68H108NO8P. The summed E-state index contributed by atoms with van der Waals surface area (Å²) in [7, 11) is 1.11. The van der Waals surface area contributed by atoms with Crippen molar-refractivity contribution in [3.05, 3.63) is 170 Å². The molecule has 0 aromatic carbocycles. The van der Waals surface area contributed by atoms with Crippen molar-refractivity contribution < 1.29 is 42.1 Å². The van der Waals surface area contributed by atoms with Gasteiger partial charge in [-0.05, 0) is 128 Å². The number of nitrogens with zero attached hydrogens (tertiary/aromatic N) is 1. The molecule has 0 aliphatic heterocycles. The number of carbonyl (C=O) groups is 2. The van der Waals surface area contributed by atoms with Crippen LogP contribution in [0.1, 0.15) is 194 Å². The van der Waals surface area contributed by atoms with Crippen LogP contribution in [-0.4, -0.2) is 70.0 Å². The molecule has 0 aromatic heterocycles. The maximum atomic E-state index is 12.8. The number of allylic oxidation sites excluding steroid dienone is 28. The summed E-state index contributed by atoms with van der Waals surface area (Å²) in [5, 5.41) is 0. The Morgan fingerprint density at radius 3 is 1.09 bits per heavy atom. The lowest BCUT2D eigenvalue weighted by molar-refractivity contribution is -0.870. The molecule has 0 saturated carbocycles. The van der Waals surface area contributed by atoms with Crippen LogP contribution in [0, 0.1) is 0 Å². The van der Waals surface area contributed by atoms with Gasteiger partial charge in [-0.15, -0.1) is 0 Å². The van der Waals surface area contributed by atoms with Gasteiger partial charge in [0.1, 0.15) is 19.8 Å². The van der Waals surface area contributed by atoms with Crippen molar-refractivity contribution >= 4 is 19.8 Å². The summed E-state index contributed by atoms with van der Waals surface area (Å²) >= 11 is 0. The van der Waals surface area contributed by atoms with Crippen LogP contribution < -0.4 is 4.89 Å². The lowest BCUT2D eigenvalue weighted by Gasteiger charge is -2.28. The van der Waals surface area contributed by atoms with E-state index in [0.717, 1.165) is 148 Å². The number of carbonyl (C=O) groups excluding carboxylic acids is 2. The van der Waals surface area contributed by atoms with Gasteiger partial charge in [0.2, 0.25) is 0 Å². The van der Waals surface area contributed by atoms with Crippen LogP contribution in [0.4, 0.5) is 0 Å². The molecule has 0 radical (unpaired) electrons. The second-order valence-corrected chi connectivity index (χ2v) is 21.7. The molecule has 2 atom stereocenters. The number of hydrogen-bond acceptors (Lipinski definition) is 8. The summed E-state index contributed by atoms with van der Waals surface area (Å²) in [5.74, 6) is -0.896. The number of esters is 2. The van der Waals surface area contributed by atoms with E-state index in [1.807, 2.05) is 21.1 Å². The number of ether oxygens (including phenoxy) is 2. The maximum absolute atomic E-state index is 12.8. The fourth-order valence-corrected chi connectivity index (χ4v) is 7.87. The number of likely N-dealkylation sites (N-methyl/N-ethyl adjacent to an activating group) is 1. The Kier molecular flexibility index (Phi) is 53.7. The average molecular weight is 1100 g/mol. The van der Waals surface area contributed by atoms with Crippen molar-refractivity contribution in [2.24, 2.45) is 0 Å². The minimum atomic E-state index is -4.66. The number of unbranched alkanes of at least 4 members (excludes halogenated alkanes) is 10. The summed E-state index contributed by atoms with van der Waals surface area (Å²) in [5.41, 5.74) is 0. The number of hydrogen-bond donors (Lipinski definition) is 0. The summed E-state index contributed by atoms with van der Waals surface area (Å²) in [6.07, 6.45) is 87.0. The first kappa shape index (κ1) is 73.4. The van der Waals surface area contributed by atoms with Crippen molar-refractivity contribution in [2.75, 3.05) is 47.5 Å². The molecule has 2 unspecified atom stereocenters. The highest BCUT2D eigenvalue weighted by atomic mass is 31.2. The van der Waals surface area contributed by atoms with Crippen LogP contribution in [0.2, 0.25) is 0 Å². The Bertz CT molecular complexity index is 1920.